The van der Waals surface area contributed by atoms with Crippen LogP contribution < -0.4 is 15.8 Å². The third kappa shape index (κ3) is 5.92. The molecule has 2 rings (SSSR count). The van der Waals surface area contributed by atoms with Crippen LogP contribution in [-0.2, 0) is 22.7 Å². The van der Waals surface area contributed by atoms with Crippen molar-refractivity contribution in [2.75, 3.05) is 12.3 Å². The second kappa shape index (κ2) is 9.62. The zero-order chi connectivity index (χ0) is 18.9. The second-order valence-corrected chi connectivity index (χ2v) is 6.38. The molecule has 0 unspecified atom stereocenters. The maximum absolute atomic E-state index is 11.7. The minimum Gasteiger partial charge on any atom is -0.486 e. The van der Waals surface area contributed by atoms with Gasteiger partial charge in [-0.2, -0.15) is 0 Å². The number of allylic oxidation sites excluding steroid dienone is 1. The van der Waals surface area contributed by atoms with Gasteiger partial charge in [0.2, 0.25) is 11.8 Å². The van der Waals surface area contributed by atoms with Crippen LogP contribution in [0.5, 0.6) is 5.75 Å². The lowest BCUT2D eigenvalue weighted by molar-refractivity contribution is -0.123. The Hall–Kier alpha value is -2.81. The number of hydrogen-bond donors (Lipinski definition) is 2. The molecule has 0 aliphatic carbocycles. The van der Waals surface area contributed by atoms with Gasteiger partial charge in [-0.05, 0) is 24.6 Å². The van der Waals surface area contributed by atoms with E-state index >= 15 is 0 Å². The molecule has 0 saturated carbocycles. The SMILES string of the molecule is C=CCn1c(COc2cccc(C)c2)nnc1SCC(=O)NCC(N)=O. The van der Waals surface area contributed by atoms with Gasteiger partial charge in [0.25, 0.3) is 0 Å². The van der Waals surface area contributed by atoms with E-state index in [0.717, 1.165) is 11.3 Å². The number of aromatic nitrogens is 3. The molecule has 9 heteroatoms. The largest absolute Gasteiger partial charge is 0.486 e. The summed E-state index contributed by atoms with van der Waals surface area (Å²) in [4.78, 5) is 22.4. The first-order valence-electron chi connectivity index (χ1n) is 7.90. The lowest BCUT2D eigenvalue weighted by Gasteiger charge is -2.09. The number of amides is 2. The normalized spacial score (nSPS) is 10.3. The zero-order valence-electron chi connectivity index (χ0n) is 14.5. The van der Waals surface area contributed by atoms with Crippen molar-refractivity contribution < 1.29 is 14.3 Å². The van der Waals surface area contributed by atoms with Crippen molar-refractivity contribution in [3.8, 4) is 5.75 Å². The summed E-state index contributed by atoms with van der Waals surface area (Å²) in [6.07, 6.45) is 1.72. The average molecular weight is 375 g/mol. The van der Waals surface area contributed by atoms with Crippen LogP contribution >= 0.6 is 11.8 Å². The predicted molar refractivity (Wildman–Crippen MR) is 98.7 cm³/mol. The van der Waals surface area contributed by atoms with Gasteiger partial charge in [0.1, 0.15) is 12.4 Å². The lowest BCUT2D eigenvalue weighted by Crippen LogP contribution is -2.34. The van der Waals surface area contributed by atoms with E-state index in [1.165, 1.54) is 11.8 Å². The summed E-state index contributed by atoms with van der Waals surface area (Å²) in [7, 11) is 0. The van der Waals surface area contributed by atoms with Crippen molar-refractivity contribution in [3.63, 3.8) is 0 Å². The van der Waals surface area contributed by atoms with Gasteiger partial charge in [-0.15, -0.1) is 16.8 Å². The Kier molecular flexibility index (Phi) is 7.22. The minimum absolute atomic E-state index is 0.0985. The van der Waals surface area contributed by atoms with Gasteiger partial charge in [0, 0.05) is 6.54 Å². The molecule has 2 aromatic rings. The van der Waals surface area contributed by atoms with E-state index in [2.05, 4.69) is 22.1 Å². The van der Waals surface area contributed by atoms with Crippen molar-refractivity contribution in [1.29, 1.82) is 0 Å². The number of nitrogens with zero attached hydrogens (tertiary/aromatic N) is 3. The molecule has 0 atom stereocenters. The Bertz CT molecular complexity index is 790. The topological polar surface area (TPSA) is 112 Å². The van der Waals surface area contributed by atoms with Gasteiger partial charge < -0.3 is 15.8 Å². The number of thioether (sulfide) groups is 1. The maximum atomic E-state index is 11.7. The summed E-state index contributed by atoms with van der Waals surface area (Å²) >= 11 is 1.21. The molecule has 8 nitrogen and oxygen atoms in total. The summed E-state index contributed by atoms with van der Waals surface area (Å²) in [5.41, 5.74) is 6.10. The smallest absolute Gasteiger partial charge is 0.236 e. The van der Waals surface area contributed by atoms with E-state index in [1.54, 1.807) is 6.08 Å². The number of aryl methyl sites for hydroxylation is 1. The highest BCUT2D eigenvalue weighted by Crippen LogP contribution is 2.19. The van der Waals surface area contributed by atoms with Crippen LogP contribution in [-0.4, -0.2) is 38.9 Å². The fourth-order valence-corrected chi connectivity index (χ4v) is 2.86. The van der Waals surface area contributed by atoms with Crippen molar-refractivity contribution in [2.24, 2.45) is 5.73 Å². The molecule has 1 aromatic carbocycles. The second-order valence-electron chi connectivity index (χ2n) is 5.43. The van der Waals surface area contributed by atoms with Gasteiger partial charge in [0.05, 0.1) is 12.3 Å². The molecule has 0 saturated heterocycles. The molecule has 2 amide bonds. The molecule has 0 bridgehead atoms. The number of hydrogen-bond acceptors (Lipinski definition) is 6. The highest BCUT2D eigenvalue weighted by molar-refractivity contribution is 7.99. The van der Waals surface area contributed by atoms with Gasteiger partial charge in [-0.1, -0.05) is 30.0 Å². The van der Waals surface area contributed by atoms with Gasteiger partial charge in [-0.3, -0.25) is 14.2 Å². The summed E-state index contributed by atoms with van der Waals surface area (Å²) in [5.74, 6) is 0.583. The fraction of sp³-hybridized carbons (Fsp3) is 0.294. The summed E-state index contributed by atoms with van der Waals surface area (Å²) in [6.45, 7) is 6.28. The van der Waals surface area contributed by atoms with Crippen LogP contribution in [0, 0.1) is 6.92 Å². The van der Waals surface area contributed by atoms with E-state index in [0.29, 0.717) is 17.5 Å². The number of nitrogens with one attached hydrogen (secondary N) is 1. The summed E-state index contributed by atoms with van der Waals surface area (Å²) in [6, 6.07) is 7.73. The summed E-state index contributed by atoms with van der Waals surface area (Å²) < 4.78 is 7.59. The molecule has 0 fully saturated rings. The van der Waals surface area contributed by atoms with Crippen molar-refractivity contribution in [2.45, 2.75) is 25.2 Å². The number of rotatable bonds is 10. The third-order valence-corrected chi connectivity index (χ3v) is 4.22. The van der Waals surface area contributed by atoms with Crippen LogP contribution in [0.4, 0.5) is 0 Å². The highest BCUT2D eigenvalue weighted by Gasteiger charge is 2.14. The molecular formula is C17H21N5O3S. The van der Waals surface area contributed by atoms with E-state index in [-0.39, 0.29) is 24.8 Å². The number of nitrogens with two attached hydrogens (primary N) is 1. The number of ether oxygens (including phenoxy) is 1. The van der Waals surface area contributed by atoms with Crippen molar-refractivity contribution in [3.05, 3.63) is 48.3 Å². The minimum atomic E-state index is -0.589. The molecule has 0 radical (unpaired) electrons. The first-order valence-corrected chi connectivity index (χ1v) is 8.88. The molecule has 1 heterocycles. The molecule has 0 spiro atoms. The molecular weight excluding hydrogens is 354 g/mol. The highest BCUT2D eigenvalue weighted by atomic mass is 32.2. The molecule has 26 heavy (non-hydrogen) atoms. The number of benzene rings is 1. The Morgan fingerprint density at radius 3 is 2.92 bits per heavy atom. The van der Waals surface area contributed by atoms with Gasteiger partial charge in [-0.25, -0.2) is 0 Å². The molecule has 3 N–H and O–H groups in total. The van der Waals surface area contributed by atoms with Crippen LogP contribution in [0.2, 0.25) is 0 Å². The predicted octanol–water partition coefficient (Wildman–Crippen LogP) is 1.05. The molecule has 138 valence electrons. The fourth-order valence-electron chi connectivity index (χ4n) is 2.06. The van der Waals surface area contributed by atoms with Crippen LogP contribution in [0.3, 0.4) is 0 Å². The quantitative estimate of drug-likeness (QED) is 0.474. The van der Waals surface area contributed by atoms with Gasteiger partial charge >= 0.3 is 0 Å². The standard InChI is InChI=1S/C17H21N5O3S/c1-3-7-22-15(10-25-13-6-4-5-12(2)8-13)20-21-17(22)26-11-16(24)19-9-14(18)23/h3-6,8H,1,7,9-11H2,2H3,(H2,18,23)(H,19,24). The van der Waals surface area contributed by atoms with E-state index in [9.17, 15) is 9.59 Å². The number of carbonyl (C=O) groups excluding carboxylic acids is 2. The Balaban J connectivity index is 1.99. The first kappa shape index (κ1) is 19.5. The summed E-state index contributed by atoms with van der Waals surface area (Å²) in [5, 5.41) is 11.2. The Morgan fingerprint density at radius 2 is 2.23 bits per heavy atom. The Morgan fingerprint density at radius 1 is 1.42 bits per heavy atom. The van der Waals surface area contributed by atoms with E-state index in [4.69, 9.17) is 10.5 Å². The third-order valence-electron chi connectivity index (χ3n) is 3.25. The molecule has 1 aromatic heterocycles. The van der Waals surface area contributed by atoms with E-state index < -0.39 is 5.91 Å². The monoisotopic (exact) mass is 375 g/mol. The molecule has 0 aliphatic heterocycles. The first-order chi connectivity index (χ1) is 12.5. The number of primary amides is 1. The van der Waals surface area contributed by atoms with Crippen LogP contribution in [0.25, 0.3) is 0 Å². The lowest BCUT2D eigenvalue weighted by atomic mass is 10.2. The number of carbonyl (C=O) groups is 2. The van der Waals surface area contributed by atoms with Crippen LogP contribution in [0.15, 0.2) is 42.1 Å². The molecule has 0 aliphatic rings. The van der Waals surface area contributed by atoms with Gasteiger partial charge in [0.15, 0.2) is 11.0 Å². The zero-order valence-corrected chi connectivity index (χ0v) is 15.3. The Labute approximate surface area is 155 Å². The van der Waals surface area contributed by atoms with Crippen LogP contribution in [0.1, 0.15) is 11.4 Å². The average Bonchev–Trinajstić information content (AvgIpc) is 2.98. The maximum Gasteiger partial charge on any atom is 0.236 e. The van der Waals surface area contributed by atoms with Crippen molar-refractivity contribution >= 4 is 23.6 Å². The van der Waals surface area contributed by atoms with E-state index in [1.807, 2.05) is 35.8 Å². The van der Waals surface area contributed by atoms with Crippen molar-refractivity contribution in [1.82, 2.24) is 20.1 Å².